The van der Waals surface area contributed by atoms with E-state index >= 15 is 0 Å². The molecule has 1 aliphatic heterocycles. The van der Waals surface area contributed by atoms with E-state index in [1.807, 2.05) is 12.1 Å². The Balaban J connectivity index is 2.33. The molecule has 0 radical (unpaired) electrons. The molecule has 0 aromatic heterocycles. The second kappa shape index (κ2) is 5.54. The van der Waals surface area contributed by atoms with Crippen LogP contribution in [0.25, 0.3) is 0 Å². The second-order valence-electron chi connectivity index (χ2n) is 4.71. The highest BCUT2D eigenvalue weighted by Crippen LogP contribution is 2.28. The Morgan fingerprint density at radius 2 is 2.18 bits per heavy atom. The van der Waals surface area contributed by atoms with Crippen molar-refractivity contribution in [2.75, 3.05) is 11.4 Å². The van der Waals surface area contributed by atoms with Crippen LogP contribution < -0.4 is 4.90 Å². The monoisotopic (exact) mass is 251 g/mol. The number of hydrogen-bond donors (Lipinski definition) is 0. The van der Waals surface area contributed by atoms with Gasteiger partial charge in [-0.25, -0.2) is 0 Å². The lowest BCUT2D eigenvalue weighted by atomic mass is 10.1. The van der Waals surface area contributed by atoms with E-state index in [1.54, 1.807) is 6.07 Å². The van der Waals surface area contributed by atoms with Crippen molar-refractivity contribution < 1.29 is 4.79 Å². The molecule has 0 amide bonds. The smallest absolute Gasteiger partial charge is 0.152 e. The van der Waals surface area contributed by atoms with Gasteiger partial charge in [-0.15, -0.1) is 0 Å². The Labute approximate surface area is 108 Å². The number of anilines is 1. The average molecular weight is 252 g/mol. The van der Waals surface area contributed by atoms with Crippen molar-refractivity contribution in [1.82, 2.24) is 0 Å². The average Bonchev–Trinajstić information content (AvgIpc) is 2.54. The largest absolute Gasteiger partial charge is 0.368 e. The third-order valence-electron chi connectivity index (χ3n) is 3.48. The minimum atomic E-state index is 0.498. The fourth-order valence-electron chi connectivity index (χ4n) is 2.51. The van der Waals surface area contributed by atoms with Crippen LogP contribution in [0.2, 0.25) is 5.02 Å². The van der Waals surface area contributed by atoms with Crippen molar-refractivity contribution in [1.29, 1.82) is 0 Å². The van der Waals surface area contributed by atoms with Crippen LogP contribution in [0.1, 0.15) is 43.0 Å². The summed E-state index contributed by atoms with van der Waals surface area (Å²) in [6.07, 6.45) is 5.86. The summed E-state index contributed by atoms with van der Waals surface area (Å²) in [7, 11) is 0. The van der Waals surface area contributed by atoms with Gasteiger partial charge in [-0.2, -0.15) is 0 Å². The zero-order valence-electron chi connectivity index (χ0n) is 10.2. The molecule has 3 heteroatoms. The Hall–Kier alpha value is -1.02. The zero-order valence-corrected chi connectivity index (χ0v) is 10.9. The number of hydrogen-bond acceptors (Lipinski definition) is 2. The van der Waals surface area contributed by atoms with E-state index in [-0.39, 0.29) is 0 Å². The topological polar surface area (TPSA) is 20.3 Å². The highest BCUT2D eigenvalue weighted by Gasteiger charge is 2.19. The van der Waals surface area contributed by atoms with E-state index < -0.39 is 0 Å². The van der Waals surface area contributed by atoms with Gasteiger partial charge >= 0.3 is 0 Å². The Morgan fingerprint density at radius 3 is 2.94 bits per heavy atom. The van der Waals surface area contributed by atoms with Crippen LogP contribution in [0.3, 0.4) is 0 Å². The maximum atomic E-state index is 11.1. The molecule has 0 N–H and O–H groups in total. The predicted molar refractivity (Wildman–Crippen MR) is 72.1 cm³/mol. The molecule has 1 heterocycles. The van der Waals surface area contributed by atoms with Crippen molar-refractivity contribution in [2.24, 2.45) is 0 Å². The van der Waals surface area contributed by atoms with E-state index in [9.17, 15) is 4.79 Å². The quantitative estimate of drug-likeness (QED) is 0.743. The number of aldehydes is 1. The van der Waals surface area contributed by atoms with Crippen molar-refractivity contribution >= 4 is 23.6 Å². The summed E-state index contributed by atoms with van der Waals surface area (Å²) >= 11 is 5.93. The predicted octanol–water partition coefficient (Wildman–Crippen LogP) is 3.92. The number of halogens is 1. The van der Waals surface area contributed by atoms with E-state index in [0.29, 0.717) is 16.6 Å². The van der Waals surface area contributed by atoms with Gasteiger partial charge in [-0.05, 0) is 38.0 Å². The van der Waals surface area contributed by atoms with E-state index in [4.69, 9.17) is 11.6 Å². The molecule has 0 spiro atoms. The summed E-state index contributed by atoms with van der Waals surface area (Å²) in [5.74, 6) is 0. The highest BCUT2D eigenvalue weighted by atomic mass is 35.5. The second-order valence-corrected chi connectivity index (χ2v) is 5.15. The van der Waals surface area contributed by atoms with Crippen LogP contribution in [0.15, 0.2) is 18.2 Å². The Bertz CT molecular complexity index is 405. The first kappa shape index (κ1) is 12.4. The SMILES string of the molecule is CC1CCCCCN1c1ccc(Cl)cc1C=O. The molecule has 1 fully saturated rings. The van der Waals surface area contributed by atoms with Gasteiger partial charge in [0.15, 0.2) is 6.29 Å². The van der Waals surface area contributed by atoms with Gasteiger partial charge in [0.25, 0.3) is 0 Å². The molecule has 0 aliphatic carbocycles. The normalized spacial score (nSPS) is 21.1. The van der Waals surface area contributed by atoms with E-state index in [0.717, 1.165) is 18.5 Å². The molecular weight excluding hydrogens is 234 g/mol. The first-order valence-corrected chi connectivity index (χ1v) is 6.61. The molecule has 1 atom stereocenters. The van der Waals surface area contributed by atoms with Crippen molar-refractivity contribution in [2.45, 2.75) is 38.6 Å². The summed E-state index contributed by atoms with van der Waals surface area (Å²) in [6.45, 7) is 3.26. The Morgan fingerprint density at radius 1 is 1.35 bits per heavy atom. The maximum Gasteiger partial charge on any atom is 0.152 e. The molecule has 0 bridgehead atoms. The van der Waals surface area contributed by atoms with Gasteiger partial charge in [-0.1, -0.05) is 24.4 Å². The first-order chi connectivity index (χ1) is 8.22. The minimum Gasteiger partial charge on any atom is -0.368 e. The number of benzene rings is 1. The lowest BCUT2D eigenvalue weighted by Crippen LogP contribution is -2.33. The molecule has 2 nitrogen and oxygen atoms in total. The summed E-state index contributed by atoms with van der Waals surface area (Å²) in [6, 6.07) is 6.08. The third-order valence-corrected chi connectivity index (χ3v) is 3.71. The summed E-state index contributed by atoms with van der Waals surface area (Å²) in [5.41, 5.74) is 1.73. The standard InChI is InChI=1S/C14H18ClNO/c1-11-5-3-2-4-8-16(11)14-7-6-13(15)9-12(14)10-17/h6-7,9-11H,2-5,8H2,1H3. The lowest BCUT2D eigenvalue weighted by molar-refractivity contribution is 0.112. The van der Waals surface area contributed by atoms with Crippen LogP contribution in [-0.2, 0) is 0 Å². The lowest BCUT2D eigenvalue weighted by Gasteiger charge is -2.30. The van der Waals surface area contributed by atoms with Gasteiger partial charge in [0.05, 0.1) is 0 Å². The summed E-state index contributed by atoms with van der Waals surface area (Å²) in [4.78, 5) is 13.5. The molecule has 2 rings (SSSR count). The van der Waals surface area contributed by atoms with E-state index in [2.05, 4.69) is 11.8 Å². The summed E-state index contributed by atoms with van der Waals surface area (Å²) in [5, 5.41) is 0.623. The molecule has 1 unspecified atom stereocenters. The Kier molecular flexibility index (Phi) is 4.06. The van der Waals surface area contributed by atoms with Gasteiger partial charge in [0, 0.05) is 28.9 Å². The molecule has 0 saturated carbocycles. The highest BCUT2D eigenvalue weighted by molar-refractivity contribution is 6.31. The molecule has 1 aliphatic rings. The fraction of sp³-hybridized carbons (Fsp3) is 0.500. The third kappa shape index (κ3) is 2.81. The number of carbonyl (C=O) groups is 1. The summed E-state index contributed by atoms with van der Waals surface area (Å²) < 4.78 is 0. The van der Waals surface area contributed by atoms with Gasteiger partial charge in [0.2, 0.25) is 0 Å². The molecule has 1 saturated heterocycles. The molecule has 1 aromatic rings. The first-order valence-electron chi connectivity index (χ1n) is 6.24. The number of rotatable bonds is 2. The number of carbonyl (C=O) groups excluding carboxylic acids is 1. The molecule has 17 heavy (non-hydrogen) atoms. The van der Waals surface area contributed by atoms with Crippen LogP contribution in [0.5, 0.6) is 0 Å². The van der Waals surface area contributed by atoms with Crippen LogP contribution >= 0.6 is 11.6 Å². The van der Waals surface area contributed by atoms with Crippen LogP contribution in [0.4, 0.5) is 5.69 Å². The van der Waals surface area contributed by atoms with E-state index in [1.165, 1.54) is 25.7 Å². The van der Waals surface area contributed by atoms with Crippen molar-refractivity contribution in [3.63, 3.8) is 0 Å². The van der Waals surface area contributed by atoms with Gasteiger partial charge < -0.3 is 4.90 Å². The number of nitrogens with zero attached hydrogens (tertiary/aromatic N) is 1. The van der Waals surface area contributed by atoms with Gasteiger partial charge in [-0.3, -0.25) is 4.79 Å². The van der Waals surface area contributed by atoms with Crippen LogP contribution in [0, 0.1) is 0 Å². The maximum absolute atomic E-state index is 11.1. The fourth-order valence-corrected chi connectivity index (χ4v) is 2.69. The molecular formula is C14H18ClNO. The zero-order chi connectivity index (χ0) is 12.3. The van der Waals surface area contributed by atoms with Crippen molar-refractivity contribution in [3.05, 3.63) is 28.8 Å². The molecule has 92 valence electrons. The van der Waals surface area contributed by atoms with Crippen molar-refractivity contribution in [3.8, 4) is 0 Å². The van der Waals surface area contributed by atoms with Gasteiger partial charge in [0.1, 0.15) is 0 Å². The minimum absolute atomic E-state index is 0.498. The van der Waals surface area contributed by atoms with Crippen LogP contribution in [-0.4, -0.2) is 18.9 Å². The molecule has 1 aromatic carbocycles.